The zero-order valence-corrected chi connectivity index (χ0v) is 13.4. The number of amides is 1. The summed E-state index contributed by atoms with van der Waals surface area (Å²) in [4.78, 5) is 19.2. The summed E-state index contributed by atoms with van der Waals surface area (Å²) in [7, 11) is 1.96. The number of carbonyl (C=O) groups is 1. The van der Waals surface area contributed by atoms with Crippen molar-refractivity contribution in [2.45, 2.75) is 19.9 Å². The average molecular weight is 305 g/mol. The Morgan fingerprint density at radius 3 is 2.96 bits per heavy atom. The summed E-state index contributed by atoms with van der Waals surface area (Å²) in [5.74, 6) is 0.0893. The minimum Gasteiger partial charge on any atom is -0.334 e. The Morgan fingerprint density at radius 1 is 1.22 bits per heavy atom. The molecule has 0 atom stereocenters. The van der Waals surface area contributed by atoms with E-state index in [4.69, 9.17) is 0 Å². The van der Waals surface area contributed by atoms with Crippen LogP contribution >= 0.6 is 0 Å². The molecule has 0 saturated carbocycles. The molecule has 3 aromatic rings. The number of rotatable bonds is 1. The maximum Gasteiger partial charge on any atom is 0.254 e. The summed E-state index contributed by atoms with van der Waals surface area (Å²) in [5, 5.41) is 0. The van der Waals surface area contributed by atoms with Crippen molar-refractivity contribution in [1.82, 2.24) is 14.5 Å². The normalized spacial score (nSPS) is 14.1. The molecule has 2 aromatic carbocycles. The average Bonchev–Trinajstić information content (AvgIpc) is 2.95. The van der Waals surface area contributed by atoms with E-state index in [9.17, 15) is 4.79 Å². The predicted molar refractivity (Wildman–Crippen MR) is 90.3 cm³/mol. The molecule has 0 aliphatic carbocycles. The van der Waals surface area contributed by atoms with Gasteiger partial charge in [-0.1, -0.05) is 18.2 Å². The molecule has 0 saturated heterocycles. The highest BCUT2D eigenvalue weighted by atomic mass is 16.2. The van der Waals surface area contributed by atoms with Gasteiger partial charge in [0.05, 0.1) is 17.4 Å². The molecule has 116 valence electrons. The first-order valence-electron chi connectivity index (χ1n) is 7.91. The predicted octanol–water partition coefficient (Wildman–Crippen LogP) is 3.08. The van der Waals surface area contributed by atoms with E-state index in [1.807, 2.05) is 34.7 Å². The Hall–Kier alpha value is -2.62. The molecule has 23 heavy (non-hydrogen) atoms. The monoisotopic (exact) mass is 305 g/mol. The highest BCUT2D eigenvalue weighted by molar-refractivity contribution is 5.97. The number of imidazole rings is 1. The van der Waals surface area contributed by atoms with Crippen LogP contribution in [0.4, 0.5) is 0 Å². The quantitative estimate of drug-likeness (QED) is 0.693. The molecule has 1 aliphatic rings. The third-order valence-electron chi connectivity index (χ3n) is 4.77. The second-order valence-corrected chi connectivity index (χ2v) is 6.25. The Labute approximate surface area is 135 Å². The third kappa shape index (κ3) is 2.31. The van der Waals surface area contributed by atoms with Crippen LogP contribution in [-0.4, -0.2) is 26.9 Å². The molecule has 4 heteroatoms. The number of aryl methyl sites for hydroxylation is 2. The fourth-order valence-electron chi connectivity index (χ4n) is 3.37. The second-order valence-electron chi connectivity index (χ2n) is 6.25. The Kier molecular flexibility index (Phi) is 3.18. The second kappa shape index (κ2) is 5.23. The fourth-order valence-corrected chi connectivity index (χ4v) is 3.37. The molecular weight excluding hydrogens is 286 g/mol. The lowest BCUT2D eigenvalue weighted by molar-refractivity contribution is 0.0734. The van der Waals surface area contributed by atoms with E-state index in [2.05, 4.69) is 30.1 Å². The summed E-state index contributed by atoms with van der Waals surface area (Å²) >= 11 is 0. The van der Waals surface area contributed by atoms with Gasteiger partial charge in [-0.25, -0.2) is 4.98 Å². The first kappa shape index (κ1) is 14.0. The Balaban J connectivity index is 1.65. The Bertz CT molecular complexity index is 910. The molecule has 0 N–H and O–H groups in total. The number of carbonyl (C=O) groups excluding carboxylic acids is 1. The van der Waals surface area contributed by atoms with Crippen LogP contribution in [0.1, 0.15) is 27.0 Å². The van der Waals surface area contributed by atoms with E-state index in [1.165, 1.54) is 16.7 Å². The van der Waals surface area contributed by atoms with Crippen molar-refractivity contribution in [2.75, 3.05) is 6.54 Å². The molecule has 1 amide bonds. The molecule has 0 unspecified atom stereocenters. The van der Waals surface area contributed by atoms with E-state index >= 15 is 0 Å². The number of hydrogen-bond donors (Lipinski definition) is 0. The molecule has 0 fully saturated rings. The van der Waals surface area contributed by atoms with Crippen LogP contribution in [0, 0.1) is 6.92 Å². The number of fused-ring (bicyclic) bond motifs is 2. The molecule has 1 aromatic heterocycles. The first-order chi connectivity index (χ1) is 11.1. The largest absolute Gasteiger partial charge is 0.334 e. The van der Waals surface area contributed by atoms with Crippen molar-refractivity contribution >= 4 is 16.9 Å². The lowest BCUT2D eigenvalue weighted by Crippen LogP contribution is -2.36. The van der Waals surface area contributed by atoms with E-state index in [0.29, 0.717) is 12.1 Å². The zero-order valence-electron chi connectivity index (χ0n) is 13.4. The number of hydrogen-bond acceptors (Lipinski definition) is 2. The molecule has 0 bridgehead atoms. The minimum atomic E-state index is 0.0893. The first-order valence-corrected chi connectivity index (χ1v) is 7.91. The van der Waals surface area contributed by atoms with Crippen LogP contribution in [0.15, 0.2) is 42.7 Å². The topological polar surface area (TPSA) is 38.1 Å². The van der Waals surface area contributed by atoms with Gasteiger partial charge in [-0.2, -0.15) is 0 Å². The maximum atomic E-state index is 12.9. The third-order valence-corrected chi connectivity index (χ3v) is 4.77. The Morgan fingerprint density at radius 2 is 2.09 bits per heavy atom. The molecule has 4 rings (SSSR count). The van der Waals surface area contributed by atoms with Crippen molar-refractivity contribution in [1.29, 1.82) is 0 Å². The van der Waals surface area contributed by atoms with E-state index in [-0.39, 0.29) is 5.91 Å². The number of aromatic nitrogens is 2. The lowest BCUT2D eigenvalue weighted by Gasteiger charge is -2.30. The summed E-state index contributed by atoms with van der Waals surface area (Å²) in [5.41, 5.74) is 6.56. The summed E-state index contributed by atoms with van der Waals surface area (Å²) in [6, 6.07) is 12.2. The van der Waals surface area contributed by atoms with Gasteiger partial charge >= 0.3 is 0 Å². The molecule has 2 heterocycles. The van der Waals surface area contributed by atoms with Gasteiger partial charge in [-0.05, 0) is 48.2 Å². The van der Waals surface area contributed by atoms with Crippen molar-refractivity contribution in [2.24, 2.45) is 7.05 Å². The van der Waals surface area contributed by atoms with Gasteiger partial charge < -0.3 is 9.47 Å². The van der Waals surface area contributed by atoms with Crippen LogP contribution in [0.3, 0.4) is 0 Å². The smallest absolute Gasteiger partial charge is 0.254 e. The van der Waals surface area contributed by atoms with Crippen molar-refractivity contribution < 1.29 is 4.79 Å². The van der Waals surface area contributed by atoms with Gasteiger partial charge in [-0.3, -0.25) is 4.79 Å². The van der Waals surface area contributed by atoms with Crippen molar-refractivity contribution in [3.63, 3.8) is 0 Å². The van der Waals surface area contributed by atoms with Gasteiger partial charge in [0.2, 0.25) is 0 Å². The summed E-state index contributed by atoms with van der Waals surface area (Å²) in [6.45, 7) is 3.59. The molecule has 1 aliphatic heterocycles. The molecule has 4 nitrogen and oxygen atoms in total. The highest BCUT2D eigenvalue weighted by Crippen LogP contribution is 2.24. The van der Waals surface area contributed by atoms with E-state index < -0.39 is 0 Å². The van der Waals surface area contributed by atoms with Gasteiger partial charge in [0.1, 0.15) is 0 Å². The lowest BCUT2D eigenvalue weighted by atomic mass is 9.95. The van der Waals surface area contributed by atoms with Crippen LogP contribution in [0.5, 0.6) is 0 Å². The van der Waals surface area contributed by atoms with Crippen LogP contribution in [-0.2, 0) is 20.0 Å². The van der Waals surface area contributed by atoms with Gasteiger partial charge in [-0.15, -0.1) is 0 Å². The number of nitrogens with zero attached hydrogens (tertiary/aromatic N) is 3. The van der Waals surface area contributed by atoms with E-state index in [1.54, 1.807) is 6.33 Å². The fraction of sp³-hybridized carbons (Fsp3) is 0.263. The highest BCUT2D eigenvalue weighted by Gasteiger charge is 2.23. The van der Waals surface area contributed by atoms with Crippen molar-refractivity contribution in [3.8, 4) is 0 Å². The molecule has 0 spiro atoms. The zero-order chi connectivity index (χ0) is 16.0. The number of benzene rings is 2. The van der Waals surface area contributed by atoms with Crippen LogP contribution in [0.2, 0.25) is 0 Å². The van der Waals surface area contributed by atoms with Crippen LogP contribution in [0.25, 0.3) is 11.0 Å². The van der Waals surface area contributed by atoms with Gasteiger partial charge in [0.25, 0.3) is 5.91 Å². The van der Waals surface area contributed by atoms with Gasteiger partial charge in [0.15, 0.2) is 0 Å². The molecular formula is C19H19N3O. The van der Waals surface area contributed by atoms with E-state index in [0.717, 1.165) is 24.0 Å². The van der Waals surface area contributed by atoms with Crippen molar-refractivity contribution in [3.05, 3.63) is 65.0 Å². The summed E-state index contributed by atoms with van der Waals surface area (Å²) < 4.78 is 1.96. The van der Waals surface area contributed by atoms with Gasteiger partial charge in [0, 0.05) is 25.7 Å². The maximum absolute atomic E-state index is 12.9. The molecule has 0 radical (unpaired) electrons. The SMILES string of the molecule is Cc1cccc2c1CN(C(=O)c1ccc3c(c1)ncn3C)CC2. The van der Waals surface area contributed by atoms with Crippen LogP contribution < -0.4 is 0 Å². The minimum absolute atomic E-state index is 0.0893. The standard InChI is InChI=1S/C19H19N3O/c1-13-4-3-5-14-8-9-22(11-16(13)14)19(23)15-6-7-18-17(10-15)20-12-21(18)2/h3-7,10,12H,8-9,11H2,1-2H3. The summed E-state index contributed by atoms with van der Waals surface area (Å²) in [6.07, 6.45) is 2.70.